The lowest BCUT2D eigenvalue weighted by atomic mass is 9.95. The molecule has 0 aliphatic carbocycles. The first-order valence-electron chi connectivity index (χ1n) is 9.32. The van der Waals surface area contributed by atoms with E-state index in [1.807, 2.05) is 34.8 Å². The van der Waals surface area contributed by atoms with Crippen LogP contribution in [-0.2, 0) is 20.1 Å². The third-order valence-corrected chi connectivity index (χ3v) is 5.25. The lowest BCUT2D eigenvalue weighted by Gasteiger charge is -2.31. The molecule has 0 unspecified atom stereocenters. The summed E-state index contributed by atoms with van der Waals surface area (Å²) in [6.45, 7) is 4.96. The van der Waals surface area contributed by atoms with E-state index in [2.05, 4.69) is 31.8 Å². The predicted octanol–water partition coefficient (Wildman–Crippen LogP) is 1.30. The number of piperidine rings is 1. The van der Waals surface area contributed by atoms with Gasteiger partial charge in [0.15, 0.2) is 5.82 Å². The second-order valence-corrected chi connectivity index (χ2v) is 6.88. The fourth-order valence-electron chi connectivity index (χ4n) is 3.76. The minimum atomic E-state index is 0.102. The van der Waals surface area contributed by atoms with E-state index in [4.69, 9.17) is 0 Å². The van der Waals surface area contributed by atoms with Crippen molar-refractivity contribution < 1.29 is 4.79 Å². The number of likely N-dealkylation sites (tertiary alicyclic amines) is 1. The van der Waals surface area contributed by atoms with E-state index in [1.54, 1.807) is 11.0 Å². The zero-order valence-electron chi connectivity index (χ0n) is 15.7. The van der Waals surface area contributed by atoms with Gasteiger partial charge in [-0.2, -0.15) is 5.10 Å². The number of carbonyl (C=O) groups excluding carboxylic acids is 1. The molecule has 27 heavy (non-hydrogen) atoms. The van der Waals surface area contributed by atoms with Gasteiger partial charge in [0.05, 0.1) is 0 Å². The Bertz CT molecular complexity index is 902. The van der Waals surface area contributed by atoms with Crippen molar-refractivity contribution >= 4 is 5.91 Å². The fraction of sp³-hybridized carbons (Fsp3) is 0.500. The third-order valence-electron chi connectivity index (χ3n) is 5.25. The first-order chi connectivity index (χ1) is 13.2. The fourth-order valence-corrected chi connectivity index (χ4v) is 3.76. The molecule has 1 aliphatic heterocycles. The SMILES string of the molecule is CCn1c(Cn2cncn2)nnc1C1CCN(C(=O)c2cccn2C)CC1. The highest BCUT2D eigenvalue weighted by molar-refractivity contribution is 5.92. The van der Waals surface area contributed by atoms with Gasteiger partial charge in [-0.1, -0.05) is 0 Å². The summed E-state index contributed by atoms with van der Waals surface area (Å²) in [6, 6.07) is 3.78. The Morgan fingerprint density at radius 3 is 2.70 bits per heavy atom. The summed E-state index contributed by atoms with van der Waals surface area (Å²) in [6.07, 6.45) is 6.91. The number of amides is 1. The molecule has 0 aromatic carbocycles. The van der Waals surface area contributed by atoms with Gasteiger partial charge >= 0.3 is 0 Å². The molecule has 1 aliphatic rings. The molecule has 0 radical (unpaired) electrons. The molecule has 9 nitrogen and oxygen atoms in total. The van der Waals surface area contributed by atoms with E-state index in [0.29, 0.717) is 12.5 Å². The molecular formula is C18H24N8O. The maximum Gasteiger partial charge on any atom is 0.270 e. The summed E-state index contributed by atoms with van der Waals surface area (Å²) in [7, 11) is 1.90. The molecule has 9 heteroatoms. The van der Waals surface area contributed by atoms with Crippen LogP contribution in [0.5, 0.6) is 0 Å². The zero-order chi connectivity index (χ0) is 18.8. The van der Waals surface area contributed by atoms with Crippen LogP contribution in [0.15, 0.2) is 31.0 Å². The third kappa shape index (κ3) is 3.36. The van der Waals surface area contributed by atoms with Crippen LogP contribution in [0.25, 0.3) is 0 Å². The van der Waals surface area contributed by atoms with E-state index in [9.17, 15) is 4.79 Å². The van der Waals surface area contributed by atoms with Crippen molar-refractivity contribution in [3.05, 3.63) is 48.3 Å². The summed E-state index contributed by atoms with van der Waals surface area (Å²) >= 11 is 0. The molecule has 0 bridgehead atoms. The van der Waals surface area contributed by atoms with Crippen molar-refractivity contribution in [3.8, 4) is 0 Å². The van der Waals surface area contributed by atoms with Gasteiger partial charge in [0.2, 0.25) is 0 Å². The molecule has 4 rings (SSSR count). The minimum Gasteiger partial charge on any atom is -0.347 e. The normalized spacial score (nSPS) is 15.4. The second-order valence-electron chi connectivity index (χ2n) is 6.88. The second kappa shape index (κ2) is 7.34. The molecule has 0 atom stereocenters. The highest BCUT2D eigenvalue weighted by atomic mass is 16.2. The van der Waals surface area contributed by atoms with Crippen LogP contribution < -0.4 is 0 Å². The molecule has 0 spiro atoms. The van der Waals surface area contributed by atoms with Gasteiger partial charge in [0.1, 0.15) is 30.7 Å². The van der Waals surface area contributed by atoms with Crippen LogP contribution in [0.2, 0.25) is 0 Å². The van der Waals surface area contributed by atoms with Crippen molar-refractivity contribution in [2.45, 2.75) is 38.8 Å². The number of carbonyl (C=O) groups is 1. The van der Waals surface area contributed by atoms with Crippen LogP contribution in [0.4, 0.5) is 0 Å². The molecule has 1 amide bonds. The Hall–Kier alpha value is -2.97. The molecule has 3 aromatic rings. The number of nitrogens with zero attached hydrogens (tertiary/aromatic N) is 8. The molecular weight excluding hydrogens is 344 g/mol. The standard InChI is InChI=1S/C18H24N8O/c1-3-26-16(11-25-13-19-12-20-25)21-22-17(26)14-6-9-24(10-7-14)18(27)15-5-4-8-23(15)2/h4-5,8,12-14H,3,6-7,9-11H2,1-2H3. The average Bonchev–Trinajstić information content (AvgIpc) is 3.43. The summed E-state index contributed by atoms with van der Waals surface area (Å²) < 4.78 is 5.79. The van der Waals surface area contributed by atoms with E-state index >= 15 is 0 Å². The summed E-state index contributed by atoms with van der Waals surface area (Å²) in [5.41, 5.74) is 0.736. The molecule has 4 heterocycles. The number of rotatable bonds is 5. The number of aromatic nitrogens is 7. The summed E-state index contributed by atoms with van der Waals surface area (Å²) in [4.78, 5) is 18.6. The van der Waals surface area contributed by atoms with Gasteiger partial charge in [-0.05, 0) is 31.9 Å². The van der Waals surface area contributed by atoms with Crippen molar-refractivity contribution in [3.63, 3.8) is 0 Å². The van der Waals surface area contributed by atoms with Crippen LogP contribution >= 0.6 is 0 Å². The number of aryl methyl sites for hydroxylation is 1. The quantitative estimate of drug-likeness (QED) is 0.677. The van der Waals surface area contributed by atoms with Gasteiger partial charge in [-0.15, -0.1) is 10.2 Å². The maximum atomic E-state index is 12.7. The van der Waals surface area contributed by atoms with Gasteiger partial charge < -0.3 is 14.0 Å². The van der Waals surface area contributed by atoms with Gasteiger partial charge in [-0.25, -0.2) is 9.67 Å². The first-order valence-corrected chi connectivity index (χ1v) is 9.32. The van der Waals surface area contributed by atoms with Crippen LogP contribution in [-0.4, -0.2) is 58.0 Å². The Morgan fingerprint density at radius 1 is 1.26 bits per heavy atom. The highest BCUT2D eigenvalue weighted by Crippen LogP contribution is 2.28. The molecule has 3 aromatic heterocycles. The smallest absolute Gasteiger partial charge is 0.270 e. The van der Waals surface area contributed by atoms with E-state index < -0.39 is 0 Å². The Labute approximate surface area is 157 Å². The lowest BCUT2D eigenvalue weighted by molar-refractivity contribution is 0.0700. The maximum absolute atomic E-state index is 12.7. The molecule has 142 valence electrons. The van der Waals surface area contributed by atoms with Crippen LogP contribution in [0, 0.1) is 0 Å². The van der Waals surface area contributed by atoms with Gasteiger partial charge in [0.25, 0.3) is 5.91 Å². The molecule has 0 saturated carbocycles. The van der Waals surface area contributed by atoms with Crippen molar-refractivity contribution in [2.75, 3.05) is 13.1 Å². The number of hydrogen-bond acceptors (Lipinski definition) is 5. The highest BCUT2D eigenvalue weighted by Gasteiger charge is 2.29. The first kappa shape index (κ1) is 17.4. The van der Waals surface area contributed by atoms with E-state index in [-0.39, 0.29) is 5.91 Å². The minimum absolute atomic E-state index is 0.102. The lowest BCUT2D eigenvalue weighted by Crippen LogP contribution is -2.39. The van der Waals surface area contributed by atoms with Crippen LogP contribution in [0.3, 0.4) is 0 Å². The molecule has 1 saturated heterocycles. The Kier molecular flexibility index (Phi) is 4.74. The van der Waals surface area contributed by atoms with Crippen molar-refractivity contribution in [1.29, 1.82) is 0 Å². The molecule has 0 N–H and O–H groups in total. The number of hydrogen-bond donors (Lipinski definition) is 0. The zero-order valence-corrected chi connectivity index (χ0v) is 15.7. The van der Waals surface area contributed by atoms with Crippen LogP contribution in [0.1, 0.15) is 47.8 Å². The topological polar surface area (TPSA) is 86.7 Å². The van der Waals surface area contributed by atoms with Crippen molar-refractivity contribution in [1.82, 2.24) is 39.0 Å². The van der Waals surface area contributed by atoms with E-state index in [0.717, 1.165) is 49.8 Å². The van der Waals surface area contributed by atoms with E-state index in [1.165, 1.54) is 6.33 Å². The average molecular weight is 368 g/mol. The Morgan fingerprint density at radius 2 is 2.07 bits per heavy atom. The monoisotopic (exact) mass is 368 g/mol. The largest absolute Gasteiger partial charge is 0.347 e. The summed E-state index contributed by atoms with van der Waals surface area (Å²) in [5.74, 6) is 2.32. The summed E-state index contributed by atoms with van der Waals surface area (Å²) in [5, 5.41) is 13.0. The Balaban J connectivity index is 1.44. The predicted molar refractivity (Wildman–Crippen MR) is 98.1 cm³/mol. The van der Waals surface area contributed by atoms with Gasteiger partial charge in [0, 0.05) is 38.8 Å². The van der Waals surface area contributed by atoms with Gasteiger partial charge in [-0.3, -0.25) is 4.79 Å². The van der Waals surface area contributed by atoms with Crippen molar-refractivity contribution in [2.24, 2.45) is 7.05 Å². The molecule has 1 fully saturated rings.